The fourth-order valence-electron chi connectivity index (χ4n) is 6.60. The van der Waals surface area contributed by atoms with E-state index in [1.165, 1.54) is 25.4 Å². The van der Waals surface area contributed by atoms with Crippen LogP contribution in [-0.4, -0.2) is 110 Å². The summed E-state index contributed by atoms with van der Waals surface area (Å²) >= 11 is 0. The maximum atomic E-state index is 15.4. The fraction of sp³-hybridized carbons (Fsp3) is 0.412. The Morgan fingerprint density at radius 3 is 1.89 bits per heavy atom. The summed E-state index contributed by atoms with van der Waals surface area (Å²) < 4.78 is 39.6. The molecule has 7 rings (SSSR count). The lowest BCUT2D eigenvalue weighted by Crippen LogP contribution is -2.48. The van der Waals surface area contributed by atoms with Gasteiger partial charge in [0.25, 0.3) is 5.89 Å². The van der Waals surface area contributed by atoms with Crippen LogP contribution in [0.15, 0.2) is 38.5 Å². The molecule has 17 nitrogen and oxygen atoms in total. The summed E-state index contributed by atoms with van der Waals surface area (Å²) in [5, 5.41) is 12.5. The van der Waals surface area contributed by atoms with Crippen LogP contribution in [0, 0.1) is 11.6 Å². The zero-order valence-electron chi connectivity index (χ0n) is 29.6. The molecule has 5 aromatic heterocycles. The number of anilines is 4. The number of rotatable bonds is 7. The number of aromatic nitrogens is 6. The summed E-state index contributed by atoms with van der Waals surface area (Å²) in [5.74, 6) is -1.36. The largest absolute Gasteiger partial charge is 0.403 e. The molecule has 278 valence electrons. The van der Waals surface area contributed by atoms with Crippen molar-refractivity contribution < 1.29 is 22.8 Å². The number of nitrogens with zero attached hydrogens (tertiary/aromatic N) is 10. The molecule has 53 heavy (non-hydrogen) atoms. The Kier molecular flexibility index (Phi) is 9.50. The van der Waals surface area contributed by atoms with Gasteiger partial charge in [0, 0.05) is 84.8 Å². The van der Waals surface area contributed by atoms with Gasteiger partial charge in [-0.15, -0.1) is 5.10 Å². The van der Waals surface area contributed by atoms with Crippen LogP contribution in [0.1, 0.15) is 20.8 Å². The molecule has 0 spiro atoms. The van der Waals surface area contributed by atoms with Crippen LogP contribution in [-0.2, 0) is 17.9 Å². The van der Waals surface area contributed by atoms with E-state index in [2.05, 4.69) is 35.7 Å². The van der Waals surface area contributed by atoms with Gasteiger partial charge in [-0.3, -0.25) is 19.7 Å². The minimum absolute atomic E-state index is 0.0242. The number of nitrogens with one attached hydrogen (secondary N) is 2. The van der Waals surface area contributed by atoms with E-state index < -0.39 is 28.5 Å². The molecule has 19 heteroatoms. The highest BCUT2D eigenvalue weighted by Crippen LogP contribution is 2.26. The lowest BCUT2D eigenvalue weighted by atomic mass is 10.1. The van der Waals surface area contributed by atoms with Crippen molar-refractivity contribution in [1.29, 1.82) is 0 Å². The molecule has 2 aliphatic rings. The number of aryl methyl sites for hydroxylation is 2. The van der Waals surface area contributed by atoms with Crippen LogP contribution in [0.4, 0.5) is 36.9 Å². The molecule has 2 fully saturated rings. The normalized spacial score (nSPS) is 15.4. The van der Waals surface area contributed by atoms with E-state index in [9.17, 15) is 19.2 Å². The molecule has 2 N–H and O–H groups in total. The number of halogens is 2. The minimum atomic E-state index is -0.917. The van der Waals surface area contributed by atoms with Gasteiger partial charge in [0.15, 0.2) is 23.3 Å². The van der Waals surface area contributed by atoms with Crippen molar-refractivity contribution in [3.05, 3.63) is 56.6 Å². The van der Waals surface area contributed by atoms with E-state index in [0.29, 0.717) is 58.0 Å². The number of carbonyl (C=O) groups excluding carboxylic acids is 2. The third kappa shape index (κ3) is 6.74. The van der Waals surface area contributed by atoms with Crippen molar-refractivity contribution in [2.45, 2.75) is 33.9 Å². The van der Waals surface area contributed by atoms with Gasteiger partial charge in [0.2, 0.25) is 16.8 Å². The molecule has 0 aromatic carbocycles. The van der Waals surface area contributed by atoms with Gasteiger partial charge in [-0.1, -0.05) is 5.10 Å². The number of urea groups is 1. The van der Waals surface area contributed by atoms with Gasteiger partial charge in [-0.25, -0.2) is 23.5 Å². The molecule has 5 aromatic rings. The van der Waals surface area contributed by atoms with Gasteiger partial charge in [-0.2, -0.15) is 0 Å². The summed E-state index contributed by atoms with van der Waals surface area (Å²) in [7, 11) is 2.00. The van der Waals surface area contributed by atoms with E-state index in [4.69, 9.17) is 4.42 Å². The van der Waals surface area contributed by atoms with Crippen LogP contribution in [0.5, 0.6) is 0 Å². The summed E-state index contributed by atoms with van der Waals surface area (Å²) in [6, 6.07) is 0.967. The Morgan fingerprint density at radius 2 is 1.32 bits per heavy atom. The number of hydrogen-bond donors (Lipinski definition) is 2. The van der Waals surface area contributed by atoms with Crippen LogP contribution < -0.4 is 31.3 Å². The van der Waals surface area contributed by atoms with Crippen molar-refractivity contribution in [2.24, 2.45) is 0 Å². The molecular formula is C34H38F2N12O5. The van der Waals surface area contributed by atoms with Crippen LogP contribution >= 0.6 is 0 Å². The summed E-state index contributed by atoms with van der Waals surface area (Å²) in [6.45, 7) is 10.2. The van der Waals surface area contributed by atoms with Gasteiger partial charge in [0.05, 0.1) is 10.8 Å². The highest BCUT2D eigenvalue weighted by molar-refractivity contribution is 5.99. The smallest absolute Gasteiger partial charge is 0.327 e. The average Bonchev–Trinajstić information content (AvgIpc) is 3.61. The number of pyridine rings is 4. The fourth-order valence-corrected chi connectivity index (χ4v) is 6.60. The van der Waals surface area contributed by atoms with Crippen molar-refractivity contribution >= 4 is 57.3 Å². The predicted molar refractivity (Wildman–Crippen MR) is 193 cm³/mol. The molecule has 0 atom stereocenters. The second-order valence-corrected chi connectivity index (χ2v) is 12.9. The van der Waals surface area contributed by atoms with E-state index >= 15 is 8.78 Å². The minimum Gasteiger partial charge on any atom is -0.403 e. The quantitative estimate of drug-likeness (QED) is 0.250. The van der Waals surface area contributed by atoms with Gasteiger partial charge < -0.3 is 38.5 Å². The second-order valence-electron chi connectivity index (χ2n) is 12.9. The highest BCUT2D eigenvalue weighted by Gasteiger charge is 2.26. The van der Waals surface area contributed by atoms with E-state index in [-0.39, 0.29) is 57.1 Å². The van der Waals surface area contributed by atoms with Crippen molar-refractivity contribution in [1.82, 2.24) is 39.1 Å². The molecule has 0 bridgehead atoms. The maximum absolute atomic E-state index is 15.4. The topological polar surface area (TPSA) is 180 Å². The molecule has 3 amide bonds. The molecule has 0 unspecified atom stereocenters. The Hall–Kier alpha value is -5.98. The van der Waals surface area contributed by atoms with Gasteiger partial charge >= 0.3 is 12.0 Å². The van der Waals surface area contributed by atoms with Crippen molar-refractivity contribution in [3.63, 3.8) is 0 Å². The molecule has 7 heterocycles. The van der Waals surface area contributed by atoms with Crippen molar-refractivity contribution in [2.75, 3.05) is 79.8 Å². The number of likely N-dealkylation sites (N-methyl/N-ethyl adjacent to an activating group) is 1. The zero-order chi connectivity index (χ0) is 37.6. The van der Waals surface area contributed by atoms with E-state index in [1.54, 1.807) is 25.9 Å². The number of hydrogen-bond acceptors (Lipinski definition) is 12. The molecular weight excluding hydrogens is 694 g/mol. The third-order valence-electron chi connectivity index (χ3n) is 9.60. The predicted octanol–water partition coefficient (Wildman–Crippen LogP) is 2.54. The number of carbonyl (C=O) groups is 2. The Morgan fingerprint density at radius 1 is 0.774 bits per heavy atom. The zero-order valence-corrected chi connectivity index (χ0v) is 29.6. The van der Waals surface area contributed by atoms with Crippen LogP contribution in [0.2, 0.25) is 0 Å². The van der Waals surface area contributed by atoms with Gasteiger partial charge in [-0.05, 0) is 33.0 Å². The van der Waals surface area contributed by atoms with E-state index in [0.717, 1.165) is 19.2 Å². The Labute approximate surface area is 300 Å². The Balaban J connectivity index is 1.11. The van der Waals surface area contributed by atoms with Gasteiger partial charge in [0.1, 0.15) is 22.5 Å². The average molecular weight is 733 g/mol. The standard InChI is InChI=1S/C34H38F2N12O5/c1-5-44-17-22(26(50)20-15-23(35)30(38-28(20)44)47-9-7-43(4)8-10-47)32-41-42-34(53-32)40-33(52)37-25-18-45(6-2)29-21(27(25)51)16-24(36)31(39-29)48-13-11-46(12-14-48)19(3)49/h15-18H,5-14H2,1-4H3,(H2,37,40,42,52). The monoisotopic (exact) mass is 732 g/mol. The summed E-state index contributed by atoms with van der Waals surface area (Å²) in [6.07, 6.45) is 2.89. The van der Waals surface area contributed by atoms with Crippen molar-refractivity contribution in [3.8, 4) is 11.5 Å². The Bertz CT molecular complexity index is 2360. The first-order valence-corrected chi connectivity index (χ1v) is 17.3. The highest BCUT2D eigenvalue weighted by atomic mass is 19.1. The molecule has 2 saturated heterocycles. The third-order valence-corrected chi connectivity index (χ3v) is 9.60. The number of fused-ring (bicyclic) bond motifs is 2. The first-order chi connectivity index (χ1) is 25.4. The summed E-state index contributed by atoms with van der Waals surface area (Å²) in [4.78, 5) is 68.2. The molecule has 0 saturated carbocycles. The lowest BCUT2D eigenvalue weighted by molar-refractivity contribution is -0.129. The number of amides is 3. The molecule has 2 aliphatic heterocycles. The first kappa shape index (κ1) is 35.4. The second kappa shape index (κ2) is 14.2. The summed E-state index contributed by atoms with van der Waals surface area (Å²) in [5.41, 5.74) is -0.900. The molecule has 0 radical (unpaired) electrons. The lowest BCUT2D eigenvalue weighted by Gasteiger charge is -2.35. The SMILES string of the molecule is CCn1cc(NC(=O)Nc2nnc(-c3cn(CC)c4nc(N5CCN(C)CC5)c(F)cc4c3=O)o2)c(=O)c2cc(F)c(N3CCN(C(C)=O)CC3)nc21. The molecule has 0 aliphatic carbocycles. The maximum Gasteiger partial charge on any atom is 0.327 e. The van der Waals surface area contributed by atoms with Crippen LogP contribution in [0.25, 0.3) is 33.5 Å². The number of piperazine rings is 2. The van der Waals surface area contributed by atoms with Crippen LogP contribution in [0.3, 0.4) is 0 Å². The van der Waals surface area contributed by atoms with E-state index in [1.807, 2.05) is 18.9 Å². The first-order valence-electron chi connectivity index (χ1n) is 17.3.